The highest BCUT2D eigenvalue weighted by molar-refractivity contribution is 7.17. The first-order valence-electron chi connectivity index (χ1n) is 9.93. The van der Waals surface area contributed by atoms with E-state index in [0.29, 0.717) is 40.4 Å². The van der Waals surface area contributed by atoms with Crippen molar-refractivity contribution in [2.75, 3.05) is 27.2 Å². The molecule has 0 atom stereocenters. The number of nitrogens with zero attached hydrogens (tertiary/aromatic N) is 5. The van der Waals surface area contributed by atoms with Crippen LogP contribution in [-0.4, -0.2) is 69.2 Å². The molecular weight excluding hydrogens is 412 g/mol. The minimum atomic E-state index is -0.615. The van der Waals surface area contributed by atoms with Gasteiger partial charge in [-0.3, -0.25) is 14.5 Å². The molecule has 0 spiro atoms. The van der Waals surface area contributed by atoms with Crippen molar-refractivity contribution in [2.24, 2.45) is 5.41 Å². The number of hydrogen-bond donors (Lipinski definition) is 1. The van der Waals surface area contributed by atoms with Crippen LogP contribution in [0.1, 0.15) is 40.8 Å². The summed E-state index contributed by atoms with van der Waals surface area (Å²) in [7, 11) is 3.70. The molecule has 1 amide bonds. The number of H-pyrrole nitrogens is 1. The Morgan fingerprint density at radius 3 is 2.61 bits per heavy atom. The quantitative estimate of drug-likeness (QED) is 0.630. The van der Waals surface area contributed by atoms with Gasteiger partial charge in [-0.1, -0.05) is 20.8 Å². The maximum absolute atomic E-state index is 12.8. The number of nitrogens with one attached hydrogen (secondary N) is 1. The third-order valence-corrected chi connectivity index (χ3v) is 6.73. The third kappa shape index (κ3) is 3.52. The maximum atomic E-state index is 12.8. The van der Waals surface area contributed by atoms with Crippen molar-refractivity contribution in [1.29, 1.82) is 5.26 Å². The summed E-state index contributed by atoms with van der Waals surface area (Å²) in [5.41, 5.74) is 1.07. The van der Waals surface area contributed by atoms with E-state index in [9.17, 15) is 14.9 Å². The summed E-state index contributed by atoms with van der Waals surface area (Å²) >= 11 is 1.33. The van der Waals surface area contributed by atoms with Gasteiger partial charge in [0.05, 0.1) is 46.4 Å². The van der Waals surface area contributed by atoms with Crippen LogP contribution >= 0.6 is 11.3 Å². The van der Waals surface area contributed by atoms with Crippen molar-refractivity contribution in [1.82, 2.24) is 24.8 Å². The Balaban J connectivity index is 1.59. The zero-order valence-electron chi connectivity index (χ0n) is 18.2. The first-order valence-corrected chi connectivity index (χ1v) is 10.7. The average Bonchev–Trinajstić information content (AvgIpc) is 3.32. The summed E-state index contributed by atoms with van der Waals surface area (Å²) in [6, 6.07) is 5.92. The molecule has 0 radical (unpaired) electrons. The van der Waals surface area contributed by atoms with Gasteiger partial charge >= 0.3 is 0 Å². The molecule has 0 aliphatic carbocycles. The molecule has 0 unspecified atom stereocenters. The Labute approximate surface area is 184 Å². The van der Waals surface area contributed by atoms with E-state index in [1.54, 1.807) is 23.4 Å². The van der Waals surface area contributed by atoms with E-state index in [1.165, 1.54) is 11.3 Å². The van der Waals surface area contributed by atoms with Gasteiger partial charge in [-0.05, 0) is 26.2 Å². The highest BCUT2D eigenvalue weighted by Crippen LogP contribution is 2.33. The van der Waals surface area contributed by atoms with Crippen molar-refractivity contribution >= 4 is 34.2 Å². The number of carbonyl (C=O) groups excluding carboxylic acids is 2. The summed E-state index contributed by atoms with van der Waals surface area (Å²) in [5.74, 6) is -0.102. The second kappa shape index (κ2) is 7.25. The van der Waals surface area contributed by atoms with Gasteiger partial charge < -0.3 is 9.88 Å². The molecule has 1 N–H and O–H groups in total. The molecule has 160 valence electrons. The second-order valence-electron chi connectivity index (χ2n) is 9.10. The van der Waals surface area contributed by atoms with E-state index in [4.69, 9.17) is 0 Å². The topological polar surface area (TPSA) is 106 Å². The lowest BCUT2D eigenvalue weighted by Crippen LogP contribution is -2.68. The molecule has 3 aromatic heterocycles. The van der Waals surface area contributed by atoms with Gasteiger partial charge in [-0.15, -0.1) is 11.3 Å². The van der Waals surface area contributed by atoms with Crippen LogP contribution in [0.4, 0.5) is 0 Å². The minimum Gasteiger partial charge on any atom is -0.344 e. The number of likely N-dealkylation sites (N-methyl/N-ethyl adjacent to an activating group) is 1. The number of nitriles is 1. The zero-order chi connectivity index (χ0) is 22.6. The number of amides is 1. The van der Waals surface area contributed by atoms with E-state index >= 15 is 0 Å². The van der Waals surface area contributed by atoms with Crippen LogP contribution in [0.25, 0.3) is 21.7 Å². The number of thiophene rings is 1. The number of aromatic amines is 1. The standard InChI is InChI=1S/C22H24N6O2S/c1-21(2,3)18(29)13-8-24-19-17(13)26-14(9-25-19)15-6-7-16(31-15)20(30)28-11-22(10-23,12-28)27(4)5/h6-9H,11-12H2,1-5H3,(H,24,25). The van der Waals surface area contributed by atoms with Gasteiger partial charge in [-0.25, -0.2) is 9.97 Å². The lowest BCUT2D eigenvalue weighted by Gasteiger charge is -2.48. The Morgan fingerprint density at radius 2 is 2.00 bits per heavy atom. The fourth-order valence-electron chi connectivity index (χ4n) is 3.52. The Morgan fingerprint density at radius 1 is 1.29 bits per heavy atom. The number of carbonyl (C=O) groups is 2. The fourth-order valence-corrected chi connectivity index (χ4v) is 4.44. The molecule has 9 heteroatoms. The molecule has 4 rings (SSSR count). The Hall–Kier alpha value is -3.09. The van der Waals surface area contributed by atoms with Gasteiger partial charge in [0.1, 0.15) is 11.1 Å². The first kappa shape index (κ1) is 21.2. The lowest BCUT2D eigenvalue weighted by molar-refractivity contribution is 0.0132. The van der Waals surface area contributed by atoms with Crippen molar-refractivity contribution in [3.8, 4) is 16.6 Å². The number of hydrogen-bond acceptors (Lipinski definition) is 7. The maximum Gasteiger partial charge on any atom is 0.264 e. The molecule has 1 fully saturated rings. The molecule has 8 nitrogen and oxygen atoms in total. The largest absolute Gasteiger partial charge is 0.344 e. The molecule has 1 aliphatic heterocycles. The van der Waals surface area contributed by atoms with Crippen molar-refractivity contribution in [3.63, 3.8) is 0 Å². The molecule has 4 heterocycles. The molecule has 1 aliphatic rings. The van der Waals surface area contributed by atoms with Crippen LogP contribution in [0.3, 0.4) is 0 Å². The Kier molecular flexibility index (Phi) is 4.95. The predicted molar refractivity (Wildman–Crippen MR) is 119 cm³/mol. The fraction of sp³-hybridized carbons (Fsp3) is 0.409. The van der Waals surface area contributed by atoms with E-state index < -0.39 is 11.0 Å². The minimum absolute atomic E-state index is 0.00750. The van der Waals surface area contributed by atoms with Crippen molar-refractivity contribution in [3.05, 3.63) is 35.0 Å². The average molecular weight is 437 g/mol. The summed E-state index contributed by atoms with van der Waals surface area (Å²) in [6.45, 7) is 6.38. The van der Waals surface area contributed by atoms with E-state index in [0.717, 1.165) is 4.88 Å². The molecule has 1 saturated heterocycles. The highest BCUT2D eigenvalue weighted by atomic mass is 32.1. The smallest absolute Gasteiger partial charge is 0.264 e. The second-order valence-corrected chi connectivity index (χ2v) is 10.2. The lowest BCUT2D eigenvalue weighted by atomic mass is 9.87. The van der Waals surface area contributed by atoms with E-state index in [-0.39, 0.29) is 11.7 Å². The summed E-state index contributed by atoms with van der Waals surface area (Å²) in [5, 5.41) is 9.44. The molecule has 0 bridgehead atoms. The molecular formula is C22H24N6O2S. The van der Waals surface area contributed by atoms with Crippen LogP contribution < -0.4 is 0 Å². The number of aromatic nitrogens is 3. The monoisotopic (exact) mass is 436 g/mol. The van der Waals surface area contributed by atoms with Gasteiger partial charge in [0, 0.05) is 11.6 Å². The predicted octanol–water partition coefficient (Wildman–Crippen LogP) is 3.19. The number of rotatable bonds is 4. The van der Waals surface area contributed by atoms with Crippen molar-refractivity contribution in [2.45, 2.75) is 26.3 Å². The van der Waals surface area contributed by atoms with Crippen molar-refractivity contribution < 1.29 is 9.59 Å². The SMILES string of the molecule is CN(C)C1(C#N)CN(C(=O)c2ccc(-c3cnc4[nH]cc(C(=O)C(C)(C)C)c4n3)s2)C1. The number of fused-ring (bicyclic) bond motifs is 1. The molecule has 0 aromatic carbocycles. The van der Waals surface area contributed by atoms with Gasteiger partial charge in [0.15, 0.2) is 11.4 Å². The number of Topliss-reactive ketones (excluding diaryl/α,β-unsaturated/α-hetero) is 1. The normalized spacial score (nSPS) is 15.7. The van der Waals surface area contributed by atoms with Crippen LogP contribution in [0, 0.1) is 16.7 Å². The van der Waals surface area contributed by atoms with Gasteiger partial charge in [0.2, 0.25) is 0 Å². The summed E-state index contributed by atoms with van der Waals surface area (Å²) in [6.07, 6.45) is 3.29. The number of likely N-dealkylation sites (tertiary alicyclic amines) is 1. The van der Waals surface area contributed by atoms with Crippen LogP contribution in [-0.2, 0) is 0 Å². The molecule has 0 saturated carbocycles. The van der Waals surface area contributed by atoms with Crippen LogP contribution in [0.5, 0.6) is 0 Å². The highest BCUT2D eigenvalue weighted by Gasteiger charge is 2.48. The van der Waals surface area contributed by atoms with Crippen LogP contribution in [0.2, 0.25) is 0 Å². The third-order valence-electron chi connectivity index (χ3n) is 5.63. The summed E-state index contributed by atoms with van der Waals surface area (Å²) in [4.78, 5) is 42.6. The Bertz CT molecular complexity index is 1220. The first-order chi connectivity index (χ1) is 14.6. The number of ketones is 1. The molecule has 3 aromatic rings. The molecule has 31 heavy (non-hydrogen) atoms. The zero-order valence-corrected chi connectivity index (χ0v) is 19.0. The van der Waals surface area contributed by atoms with Crippen LogP contribution in [0.15, 0.2) is 24.5 Å². The van der Waals surface area contributed by atoms with E-state index in [2.05, 4.69) is 21.0 Å². The summed E-state index contributed by atoms with van der Waals surface area (Å²) < 4.78 is 0. The van der Waals surface area contributed by atoms with E-state index in [1.807, 2.05) is 45.8 Å². The van der Waals surface area contributed by atoms with Gasteiger partial charge in [0.25, 0.3) is 5.91 Å². The van der Waals surface area contributed by atoms with Gasteiger partial charge in [-0.2, -0.15) is 5.26 Å².